The van der Waals surface area contributed by atoms with E-state index in [1.165, 1.54) is 33.4 Å². The Labute approximate surface area is 217 Å². The summed E-state index contributed by atoms with van der Waals surface area (Å²) in [6.07, 6.45) is 8.97. The van der Waals surface area contributed by atoms with Crippen LogP contribution in [0.2, 0.25) is 0 Å². The van der Waals surface area contributed by atoms with E-state index in [4.69, 9.17) is 4.99 Å². The van der Waals surface area contributed by atoms with Gasteiger partial charge in [0.25, 0.3) is 0 Å². The van der Waals surface area contributed by atoms with Gasteiger partial charge in [0.1, 0.15) is 5.84 Å². The fourth-order valence-electron chi connectivity index (χ4n) is 5.52. The number of nitrogens with zero attached hydrogens (tertiary/aromatic N) is 2. The van der Waals surface area contributed by atoms with Crippen molar-refractivity contribution >= 4 is 28.5 Å². The van der Waals surface area contributed by atoms with E-state index >= 15 is 0 Å². The summed E-state index contributed by atoms with van der Waals surface area (Å²) in [4.78, 5) is 5.12. The number of hydrogen-bond acceptors (Lipinski definition) is 2. The number of para-hydroxylation sites is 1. The minimum Gasteiger partial charge on any atom is -0.340 e. The Morgan fingerprint density at radius 3 is 2.27 bits per heavy atom. The Balaban J connectivity index is 1.29. The van der Waals surface area contributed by atoms with Gasteiger partial charge in [0.2, 0.25) is 0 Å². The Kier molecular flexibility index (Phi) is 5.32. The van der Waals surface area contributed by atoms with E-state index in [2.05, 4.69) is 131 Å². The van der Waals surface area contributed by atoms with Crippen LogP contribution in [0.15, 0.2) is 126 Å². The minimum absolute atomic E-state index is 0.0436. The fraction of sp³-hybridized carbons (Fsp3) is 0.0882. The van der Waals surface area contributed by atoms with Crippen molar-refractivity contribution in [3.8, 4) is 5.69 Å². The van der Waals surface area contributed by atoms with Crippen LogP contribution < -0.4 is 5.32 Å². The van der Waals surface area contributed by atoms with Crippen LogP contribution in [0.4, 0.5) is 0 Å². The van der Waals surface area contributed by atoms with Crippen molar-refractivity contribution in [2.24, 2.45) is 4.99 Å². The minimum atomic E-state index is -0.0436. The third kappa shape index (κ3) is 3.89. The molecule has 4 aromatic carbocycles. The molecule has 5 aromatic rings. The first-order valence-corrected chi connectivity index (χ1v) is 12.9. The molecule has 3 nitrogen and oxygen atoms in total. The molecule has 1 aliphatic heterocycles. The molecule has 2 aliphatic rings. The maximum atomic E-state index is 5.12. The molecular weight excluding hydrogens is 450 g/mol. The maximum absolute atomic E-state index is 5.12. The second-order valence-corrected chi connectivity index (χ2v) is 9.61. The summed E-state index contributed by atoms with van der Waals surface area (Å²) in [6.45, 7) is 0. The zero-order valence-electron chi connectivity index (χ0n) is 20.5. The predicted molar refractivity (Wildman–Crippen MR) is 154 cm³/mol. The van der Waals surface area contributed by atoms with Crippen molar-refractivity contribution in [1.82, 2.24) is 9.88 Å². The number of hydrogen-bond donors (Lipinski definition) is 1. The Morgan fingerprint density at radius 2 is 1.46 bits per heavy atom. The Bertz CT molecular complexity index is 1670. The topological polar surface area (TPSA) is 29.3 Å². The van der Waals surface area contributed by atoms with Crippen molar-refractivity contribution in [3.05, 3.63) is 149 Å². The van der Waals surface area contributed by atoms with Gasteiger partial charge >= 0.3 is 0 Å². The quantitative estimate of drug-likeness (QED) is 0.282. The molecule has 1 aromatic heterocycles. The molecule has 0 saturated carbocycles. The van der Waals surface area contributed by atoms with E-state index in [-0.39, 0.29) is 6.04 Å². The van der Waals surface area contributed by atoms with Crippen molar-refractivity contribution in [1.29, 1.82) is 0 Å². The first-order valence-electron chi connectivity index (χ1n) is 12.9. The number of aliphatic imine (C=N–C) groups is 1. The predicted octanol–water partition coefficient (Wildman–Crippen LogP) is 7.72. The second kappa shape index (κ2) is 9.11. The van der Waals surface area contributed by atoms with Crippen LogP contribution >= 0.6 is 0 Å². The van der Waals surface area contributed by atoms with E-state index in [0.717, 1.165) is 35.5 Å². The third-order valence-corrected chi connectivity index (χ3v) is 7.33. The van der Waals surface area contributed by atoms with Crippen LogP contribution in [-0.2, 0) is 6.42 Å². The molecule has 178 valence electrons. The normalized spacial score (nSPS) is 16.6. The highest BCUT2D eigenvalue weighted by atomic mass is 15.0. The van der Waals surface area contributed by atoms with Crippen molar-refractivity contribution < 1.29 is 0 Å². The third-order valence-electron chi connectivity index (χ3n) is 7.33. The molecule has 0 bridgehead atoms. The summed E-state index contributed by atoms with van der Waals surface area (Å²) in [6, 6.07) is 38.5. The van der Waals surface area contributed by atoms with E-state index in [0.29, 0.717) is 0 Å². The highest BCUT2D eigenvalue weighted by Gasteiger charge is 2.21. The number of aromatic nitrogens is 1. The molecule has 3 heteroatoms. The van der Waals surface area contributed by atoms with Gasteiger partial charge in [-0.05, 0) is 72.0 Å². The molecule has 1 N–H and O–H groups in total. The molecule has 0 spiro atoms. The van der Waals surface area contributed by atoms with Crippen LogP contribution in [0.3, 0.4) is 0 Å². The zero-order chi connectivity index (χ0) is 24.6. The van der Waals surface area contributed by atoms with Crippen molar-refractivity contribution in [3.63, 3.8) is 0 Å². The lowest BCUT2D eigenvalue weighted by Crippen LogP contribution is -2.27. The van der Waals surface area contributed by atoms with Gasteiger partial charge in [-0.1, -0.05) is 84.9 Å². The lowest BCUT2D eigenvalue weighted by molar-refractivity contribution is 0.880. The molecule has 0 radical (unpaired) electrons. The Hall–Kier alpha value is -4.63. The van der Waals surface area contributed by atoms with Crippen LogP contribution in [0.25, 0.3) is 28.4 Å². The van der Waals surface area contributed by atoms with Crippen molar-refractivity contribution in [2.75, 3.05) is 0 Å². The average Bonchev–Trinajstić information content (AvgIpc) is 3.32. The number of nitrogens with one attached hydrogen (secondary N) is 1. The lowest BCUT2D eigenvalue weighted by Gasteiger charge is -2.23. The second-order valence-electron chi connectivity index (χ2n) is 9.61. The first-order chi connectivity index (χ1) is 18.3. The van der Waals surface area contributed by atoms with Crippen LogP contribution in [0, 0.1) is 0 Å². The van der Waals surface area contributed by atoms with Gasteiger partial charge in [0, 0.05) is 28.0 Å². The van der Waals surface area contributed by atoms with E-state index in [1.54, 1.807) is 0 Å². The summed E-state index contributed by atoms with van der Waals surface area (Å²) in [5, 5.41) is 4.97. The van der Waals surface area contributed by atoms with Crippen LogP contribution in [0.1, 0.15) is 40.4 Å². The van der Waals surface area contributed by atoms with Crippen LogP contribution in [0.5, 0.6) is 0 Å². The molecule has 0 amide bonds. The first kappa shape index (κ1) is 21.6. The highest BCUT2D eigenvalue weighted by Crippen LogP contribution is 2.34. The Morgan fingerprint density at radius 1 is 0.730 bits per heavy atom. The lowest BCUT2D eigenvalue weighted by atomic mass is 10.0. The van der Waals surface area contributed by atoms with E-state index in [9.17, 15) is 0 Å². The molecule has 0 fully saturated rings. The summed E-state index contributed by atoms with van der Waals surface area (Å²) in [7, 11) is 0. The smallest absolute Gasteiger partial charge is 0.133 e. The number of allylic oxidation sites excluding steroid dienone is 1. The summed E-state index contributed by atoms with van der Waals surface area (Å²) in [5.74, 6) is 0.890. The van der Waals surface area contributed by atoms with E-state index < -0.39 is 0 Å². The van der Waals surface area contributed by atoms with Crippen LogP contribution in [-0.4, -0.2) is 10.4 Å². The van der Waals surface area contributed by atoms with E-state index in [1.807, 2.05) is 6.07 Å². The van der Waals surface area contributed by atoms with Gasteiger partial charge < -0.3 is 9.88 Å². The number of rotatable bonds is 4. The summed E-state index contributed by atoms with van der Waals surface area (Å²) >= 11 is 0. The monoisotopic (exact) mass is 477 g/mol. The highest BCUT2D eigenvalue weighted by molar-refractivity contribution is 6.05. The average molecular weight is 478 g/mol. The number of benzene rings is 4. The van der Waals surface area contributed by atoms with Crippen molar-refractivity contribution in [2.45, 2.75) is 18.9 Å². The number of aryl methyl sites for hydroxylation is 1. The van der Waals surface area contributed by atoms with Gasteiger partial charge in [0.15, 0.2) is 0 Å². The number of fused-ring (bicyclic) bond motifs is 3. The fourth-order valence-corrected chi connectivity index (χ4v) is 5.52. The molecule has 1 unspecified atom stereocenters. The van der Waals surface area contributed by atoms with Gasteiger partial charge in [0.05, 0.1) is 11.6 Å². The molecule has 37 heavy (non-hydrogen) atoms. The molecule has 1 aliphatic carbocycles. The SMILES string of the molecule is C1=Cc2c(c3ccccc3n2-c2ccc(C3=NC(c4ccccc4)C=C(c4ccccc4)N3)cc2)CC1. The zero-order valence-corrected chi connectivity index (χ0v) is 20.5. The molecule has 2 heterocycles. The molecule has 1 atom stereocenters. The van der Waals surface area contributed by atoms with Gasteiger partial charge in [-0.15, -0.1) is 0 Å². The number of amidine groups is 1. The standard InChI is InChI=1S/C34H27N3/c1-3-11-24(12-4-1)30-23-31(25-13-5-2-6-14-25)36-34(35-30)26-19-21-27(22-20-26)37-32-17-9-7-15-28(32)29-16-8-10-18-33(29)37/h1-7,9-15,17-23,30H,8,16H2,(H,35,36). The summed E-state index contributed by atoms with van der Waals surface area (Å²) < 4.78 is 2.39. The summed E-state index contributed by atoms with van der Waals surface area (Å²) in [5.41, 5.74) is 9.68. The molecular formula is C34H27N3. The molecule has 7 rings (SSSR count). The largest absolute Gasteiger partial charge is 0.340 e. The van der Waals surface area contributed by atoms with Gasteiger partial charge in [-0.25, -0.2) is 0 Å². The maximum Gasteiger partial charge on any atom is 0.133 e. The van der Waals surface area contributed by atoms with Gasteiger partial charge in [-0.2, -0.15) is 0 Å². The molecule has 0 saturated heterocycles. The van der Waals surface area contributed by atoms with Gasteiger partial charge in [-0.3, -0.25) is 4.99 Å².